The van der Waals surface area contributed by atoms with Gasteiger partial charge in [0.15, 0.2) is 0 Å². The van der Waals surface area contributed by atoms with Gasteiger partial charge in [-0.2, -0.15) is 0 Å². The highest BCUT2D eigenvalue weighted by Crippen LogP contribution is 2.58. The lowest BCUT2D eigenvalue weighted by atomic mass is 9.53. The van der Waals surface area contributed by atoms with Gasteiger partial charge in [0, 0.05) is 5.54 Å². The minimum Gasteiger partial charge on any atom is -0.324 e. The van der Waals surface area contributed by atoms with Crippen LogP contribution >= 0.6 is 0 Å². The third-order valence-electron chi connectivity index (χ3n) is 5.32. The highest BCUT2D eigenvalue weighted by molar-refractivity contribution is 5.08. The van der Waals surface area contributed by atoms with Gasteiger partial charge in [0.05, 0.1) is 6.54 Å². The molecule has 1 aromatic rings. The third-order valence-corrected chi connectivity index (χ3v) is 5.32. The fourth-order valence-corrected chi connectivity index (χ4v) is 5.15. The molecular formula is C13H20N4. The molecule has 4 saturated carbocycles. The van der Waals surface area contributed by atoms with E-state index in [-0.39, 0.29) is 0 Å². The van der Waals surface area contributed by atoms with Crippen LogP contribution in [-0.4, -0.2) is 14.8 Å². The number of nitrogens with zero attached hydrogens (tertiary/aromatic N) is 3. The standard InChI is InChI=1S/C13H20N4/c14-7-12-16-15-8-17(12)13-4-9-1-10(5-13)3-11(2-9)6-13/h8-11H,1-7,14H2. The molecule has 0 unspecified atom stereocenters. The molecule has 5 rings (SSSR count). The fraction of sp³-hybridized carbons (Fsp3) is 0.846. The van der Waals surface area contributed by atoms with Crippen LogP contribution in [0.2, 0.25) is 0 Å². The van der Waals surface area contributed by atoms with Gasteiger partial charge in [-0.1, -0.05) is 0 Å². The summed E-state index contributed by atoms with van der Waals surface area (Å²) in [5.41, 5.74) is 6.12. The zero-order valence-electron chi connectivity index (χ0n) is 10.2. The van der Waals surface area contributed by atoms with Crippen molar-refractivity contribution in [1.29, 1.82) is 0 Å². The van der Waals surface area contributed by atoms with Crippen LogP contribution in [0, 0.1) is 17.8 Å². The second-order valence-electron chi connectivity index (χ2n) is 6.46. The Hall–Kier alpha value is -0.900. The third kappa shape index (κ3) is 1.33. The Morgan fingerprint density at radius 3 is 2.29 bits per heavy atom. The SMILES string of the molecule is NCc1nncn1C12CC3CC(CC(C3)C1)C2. The molecule has 4 fully saturated rings. The van der Waals surface area contributed by atoms with Gasteiger partial charge in [-0.3, -0.25) is 0 Å². The second-order valence-corrected chi connectivity index (χ2v) is 6.46. The molecule has 0 amide bonds. The average molecular weight is 232 g/mol. The molecule has 1 aromatic heterocycles. The van der Waals surface area contributed by atoms with Crippen molar-refractivity contribution < 1.29 is 0 Å². The van der Waals surface area contributed by atoms with Crippen molar-refractivity contribution in [2.75, 3.05) is 0 Å². The molecule has 4 heteroatoms. The molecule has 1 heterocycles. The van der Waals surface area contributed by atoms with Crippen molar-refractivity contribution in [3.8, 4) is 0 Å². The normalized spacial score (nSPS) is 43.2. The first-order valence-electron chi connectivity index (χ1n) is 6.88. The summed E-state index contributed by atoms with van der Waals surface area (Å²) < 4.78 is 2.33. The summed E-state index contributed by atoms with van der Waals surface area (Å²) in [5.74, 6) is 3.84. The van der Waals surface area contributed by atoms with Gasteiger partial charge in [-0.15, -0.1) is 10.2 Å². The predicted octanol–water partition coefficient (Wildman–Crippen LogP) is 1.66. The smallest absolute Gasteiger partial charge is 0.147 e. The van der Waals surface area contributed by atoms with Crippen molar-refractivity contribution in [2.24, 2.45) is 23.5 Å². The van der Waals surface area contributed by atoms with Crippen LogP contribution in [0.1, 0.15) is 44.3 Å². The molecule has 4 aliphatic carbocycles. The summed E-state index contributed by atoms with van der Waals surface area (Å²) in [5, 5.41) is 8.26. The quantitative estimate of drug-likeness (QED) is 0.843. The van der Waals surface area contributed by atoms with E-state index in [1.165, 1.54) is 38.5 Å². The summed E-state index contributed by atoms with van der Waals surface area (Å²) in [6, 6.07) is 0. The molecule has 17 heavy (non-hydrogen) atoms. The van der Waals surface area contributed by atoms with E-state index >= 15 is 0 Å². The van der Waals surface area contributed by atoms with Crippen LogP contribution in [0.15, 0.2) is 6.33 Å². The number of aromatic nitrogens is 3. The first-order chi connectivity index (χ1) is 8.29. The van der Waals surface area contributed by atoms with Gasteiger partial charge in [0.25, 0.3) is 0 Å². The fourth-order valence-electron chi connectivity index (χ4n) is 5.15. The molecule has 0 spiro atoms. The van der Waals surface area contributed by atoms with Gasteiger partial charge in [-0.05, 0) is 56.3 Å². The molecular weight excluding hydrogens is 212 g/mol. The Kier molecular flexibility index (Phi) is 1.96. The topological polar surface area (TPSA) is 56.7 Å². The van der Waals surface area contributed by atoms with Crippen molar-refractivity contribution in [3.63, 3.8) is 0 Å². The maximum Gasteiger partial charge on any atom is 0.147 e. The Morgan fingerprint density at radius 1 is 1.18 bits per heavy atom. The maximum atomic E-state index is 5.79. The first-order valence-corrected chi connectivity index (χ1v) is 6.88. The summed E-state index contributed by atoms with van der Waals surface area (Å²) >= 11 is 0. The first kappa shape index (κ1) is 10.1. The van der Waals surface area contributed by atoms with Gasteiger partial charge in [0.1, 0.15) is 12.2 Å². The van der Waals surface area contributed by atoms with Crippen molar-refractivity contribution in [3.05, 3.63) is 12.2 Å². The monoisotopic (exact) mass is 232 g/mol. The van der Waals surface area contributed by atoms with E-state index in [1.54, 1.807) is 0 Å². The molecule has 0 saturated heterocycles. The van der Waals surface area contributed by atoms with E-state index in [9.17, 15) is 0 Å². The number of hydrogen-bond donors (Lipinski definition) is 1. The molecule has 0 aromatic carbocycles. The summed E-state index contributed by atoms with van der Waals surface area (Å²) in [7, 11) is 0. The summed E-state index contributed by atoms with van der Waals surface area (Å²) in [6.45, 7) is 0.516. The average Bonchev–Trinajstić information content (AvgIpc) is 2.75. The van der Waals surface area contributed by atoms with Gasteiger partial charge in [-0.25, -0.2) is 0 Å². The largest absolute Gasteiger partial charge is 0.324 e. The van der Waals surface area contributed by atoms with Crippen molar-refractivity contribution >= 4 is 0 Å². The maximum absolute atomic E-state index is 5.79. The minimum atomic E-state index is 0.326. The van der Waals surface area contributed by atoms with E-state index < -0.39 is 0 Å². The van der Waals surface area contributed by atoms with Crippen molar-refractivity contribution in [1.82, 2.24) is 14.8 Å². The lowest BCUT2D eigenvalue weighted by Crippen LogP contribution is -2.52. The molecule has 4 bridgehead atoms. The van der Waals surface area contributed by atoms with Crippen LogP contribution in [-0.2, 0) is 12.1 Å². The Labute approximate surface area is 102 Å². The highest BCUT2D eigenvalue weighted by Gasteiger charge is 2.52. The molecule has 0 atom stereocenters. The van der Waals surface area contributed by atoms with Crippen LogP contribution in [0.3, 0.4) is 0 Å². The Bertz CT molecular complexity index is 401. The van der Waals surface area contributed by atoms with Crippen molar-refractivity contribution in [2.45, 2.75) is 50.6 Å². The van der Waals surface area contributed by atoms with Gasteiger partial charge >= 0.3 is 0 Å². The van der Waals surface area contributed by atoms with E-state index in [0.717, 1.165) is 23.6 Å². The van der Waals surface area contributed by atoms with Gasteiger partial charge < -0.3 is 10.3 Å². The molecule has 4 nitrogen and oxygen atoms in total. The molecule has 4 aliphatic rings. The lowest BCUT2D eigenvalue weighted by Gasteiger charge is -2.57. The number of hydrogen-bond acceptors (Lipinski definition) is 3. The van der Waals surface area contributed by atoms with E-state index in [1.807, 2.05) is 6.33 Å². The zero-order valence-corrected chi connectivity index (χ0v) is 10.2. The molecule has 0 aliphatic heterocycles. The number of nitrogens with two attached hydrogens (primary N) is 1. The summed E-state index contributed by atoms with van der Waals surface area (Å²) in [4.78, 5) is 0. The highest BCUT2D eigenvalue weighted by atomic mass is 15.3. The van der Waals surface area contributed by atoms with Crippen LogP contribution in [0.5, 0.6) is 0 Å². The van der Waals surface area contributed by atoms with E-state index in [2.05, 4.69) is 14.8 Å². The van der Waals surface area contributed by atoms with Crippen LogP contribution in [0.25, 0.3) is 0 Å². The predicted molar refractivity (Wildman–Crippen MR) is 64.1 cm³/mol. The summed E-state index contributed by atoms with van der Waals surface area (Å²) in [6.07, 6.45) is 10.4. The Balaban J connectivity index is 1.77. The van der Waals surface area contributed by atoms with E-state index in [0.29, 0.717) is 12.1 Å². The number of rotatable bonds is 2. The van der Waals surface area contributed by atoms with Crippen LogP contribution in [0.4, 0.5) is 0 Å². The van der Waals surface area contributed by atoms with Gasteiger partial charge in [0.2, 0.25) is 0 Å². The Morgan fingerprint density at radius 2 is 1.76 bits per heavy atom. The van der Waals surface area contributed by atoms with E-state index in [4.69, 9.17) is 5.73 Å². The molecule has 0 radical (unpaired) electrons. The zero-order chi connectivity index (χ0) is 11.5. The molecule has 92 valence electrons. The minimum absolute atomic E-state index is 0.326. The molecule has 2 N–H and O–H groups in total. The van der Waals surface area contributed by atoms with Crippen LogP contribution < -0.4 is 5.73 Å². The second kappa shape index (κ2) is 3.31. The lowest BCUT2D eigenvalue weighted by molar-refractivity contribution is -0.0445.